The Bertz CT molecular complexity index is 510. The van der Waals surface area contributed by atoms with Crippen molar-refractivity contribution in [2.45, 2.75) is 43.7 Å². The van der Waals surface area contributed by atoms with Gasteiger partial charge in [0.1, 0.15) is 6.10 Å². The zero-order valence-electron chi connectivity index (χ0n) is 11.0. The van der Waals surface area contributed by atoms with Crippen molar-refractivity contribution in [3.8, 4) is 0 Å². The van der Waals surface area contributed by atoms with Gasteiger partial charge < -0.3 is 14.6 Å². The molecule has 0 bridgehead atoms. The van der Waals surface area contributed by atoms with Gasteiger partial charge in [0.2, 0.25) is 0 Å². The predicted octanol–water partition coefficient (Wildman–Crippen LogP) is 1.20. The van der Waals surface area contributed by atoms with Crippen LogP contribution in [0.5, 0.6) is 0 Å². The molecule has 0 radical (unpaired) electrons. The molecule has 4 heteroatoms. The van der Waals surface area contributed by atoms with Crippen LogP contribution in [0.15, 0.2) is 24.3 Å². The third kappa shape index (κ3) is 1.29. The zero-order chi connectivity index (χ0) is 13.5. The fourth-order valence-electron chi connectivity index (χ4n) is 4.50. The van der Waals surface area contributed by atoms with Crippen molar-refractivity contribution in [1.29, 1.82) is 0 Å². The number of aliphatic hydroxyl groups excluding tert-OH is 1. The average molecular weight is 262 g/mol. The fourth-order valence-corrected chi connectivity index (χ4v) is 4.50. The molecule has 0 aromatic heterocycles. The number of ether oxygens (including phenoxy) is 2. The van der Waals surface area contributed by atoms with Crippen LogP contribution in [0.1, 0.15) is 19.8 Å². The van der Waals surface area contributed by atoms with Gasteiger partial charge in [-0.05, 0) is 25.7 Å². The lowest BCUT2D eigenvalue weighted by Gasteiger charge is -2.30. The molecule has 2 saturated heterocycles. The Balaban J connectivity index is 1.80. The number of rotatable bonds is 0. The minimum atomic E-state index is -0.622. The Morgan fingerprint density at radius 1 is 1.42 bits per heavy atom. The Hall–Kier alpha value is -1.13. The van der Waals surface area contributed by atoms with Crippen molar-refractivity contribution in [3.63, 3.8) is 0 Å². The maximum absolute atomic E-state index is 11.8. The van der Waals surface area contributed by atoms with Crippen molar-refractivity contribution in [1.82, 2.24) is 0 Å². The number of aliphatic hydroxyl groups is 1. The van der Waals surface area contributed by atoms with Gasteiger partial charge in [0.05, 0.1) is 23.7 Å². The lowest BCUT2D eigenvalue weighted by Crippen LogP contribution is -2.39. The molecule has 19 heavy (non-hydrogen) atoms. The van der Waals surface area contributed by atoms with Crippen molar-refractivity contribution in [3.05, 3.63) is 24.3 Å². The fraction of sp³-hybridized carbons (Fsp3) is 0.667. The highest BCUT2D eigenvalue weighted by Crippen LogP contribution is 2.63. The van der Waals surface area contributed by atoms with Crippen LogP contribution in [-0.4, -0.2) is 35.0 Å². The molecule has 2 aliphatic heterocycles. The quantitative estimate of drug-likeness (QED) is 0.308. The number of hydrogen-bond acceptors (Lipinski definition) is 4. The molecule has 4 rings (SSSR count). The van der Waals surface area contributed by atoms with E-state index >= 15 is 0 Å². The van der Waals surface area contributed by atoms with E-state index in [0.717, 1.165) is 12.0 Å². The van der Waals surface area contributed by atoms with Crippen LogP contribution in [0.4, 0.5) is 0 Å². The molecule has 4 nitrogen and oxygen atoms in total. The second kappa shape index (κ2) is 3.30. The van der Waals surface area contributed by atoms with E-state index in [1.165, 1.54) is 0 Å². The molecule has 1 unspecified atom stereocenters. The van der Waals surface area contributed by atoms with E-state index in [0.29, 0.717) is 12.0 Å². The topological polar surface area (TPSA) is 59.1 Å². The Labute approximate surface area is 112 Å². The third-order valence-electron chi connectivity index (χ3n) is 5.57. The number of fused-ring (bicyclic) bond motifs is 5. The molecule has 2 saturated carbocycles. The summed E-state index contributed by atoms with van der Waals surface area (Å²) in [6, 6.07) is 0. The van der Waals surface area contributed by atoms with Crippen molar-refractivity contribution < 1.29 is 19.4 Å². The summed E-state index contributed by atoms with van der Waals surface area (Å²) < 4.78 is 11.3. The zero-order valence-corrected chi connectivity index (χ0v) is 11.0. The first-order chi connectivity index (χ1) is 8.93. The van der Waals surface area contributed by atoms with Crippen LogP contribution < -0.4 is 0 Å². The molecule has 0 spiro atoms. The van der Waals surface area contributed by atoms with Gasteiger partial charge in [-0.25, -0.2) is 4.79 Å². The Morgan fingerprint density at radius 2 is 2.16 bits per heavy atom. The number of carbonyl (C=O) groups excluding carboxylic acids is 1. The van der Waals surface area contributed by atoms with Gasteiger partial charge in [-0.1, -0.05) is 18.7 Å². The molecule has 102 valence electrons. The number of carbonyl (C=O) groups is 1. The molecule has 1 N–H and O–H groups in total. The summed E-state index contributed by atoms with van der Waals surface area (Å²) in [5.74, 6) is -0.283. The van der Waals surface area contributed by atoms with Gasteiger partial charge >= 0.3 is 5.97 Å². The molecule has 0 aromatic rings. The van der Waals surface area contributed by atoms with Gasteiger partial charge in [0, 0.05) is 11.5 Å². The number of hydrogen-bond donors (Lipinski definition) is 1. The normalized spacial score (nSPS) is 55.2. The van der Waals surface area contributed by atoms with E-state index in [-0.39, 0.29) is 41.5 Å². The number of epoxide rings is 1. The number of esters is 1. The highest BCUT2D eigenvalue weighted by molar-refractivity contribution is 5.91. The summed E-state index contributed by atoms with van der Waals surface area (Å²) >= 11 is 0. The standard InChI is InChI=1S/C15H18O4/c1-6-4-9(16)11-7(2)14(17)18-13(11)12-8(6)5-10-15(12,3)19-10/h8-13,16H,1-2,4-5H2,3H3/t8-,9-,10+,11?,12-,13-,15+/m0/s1. The minimum Gasteiger partial charge on any atom is -0.458 e. The second-order valence-corrected chi connectivity index (χ2v) is 6.51. The highest BCUT2D eigenvalue weighted by Gasteiger charge is 2.71. The minimum absolute atomic E-state index is 0.107. The lowest BCUT2D eigenvalue weighted by molar-refractivity contribution is -0.143. The molecule has 7 atom stereocenters. The summed E-state index contributed by atoms with van der Waals surface area (Å²) in [7, 11) is 0. The van der Waals surface area contributed by atoms with E-state index in [2.05, 4.69) is 20.1 Å². The largest absolute Gasteiger partial charge is 0.458 e. The second-order valence-electron chi connectivity index (χ2n) is 6.51. The Kier molecular flexibility index (Phi) is 2.03. The van der Waals surface area contributed by atoms with Crippen LogP contribution in [-0.2, 0) is 14.3 Å². The summed E-state index contributed by atoms with van der Waals surface area (Å²) in [4.78, 5) is 11.8. The van der Waals surface area contributed by atoms with Gasteiger partial charge in [0.15, 0.2) is 0 Å². The van der Waals surface area contributed by atoms with Crippen LogP contribution in [0.3, 0.4) is 0 Å². The first-order valence-electron chi connectivity index (χ1n) is 6.87. The van der Waals surface area contributed by atoms with E-state index < -0.39 is 6.10 Å². The van der Waals surface area contributed by atoms with Gasteiger partial charge in [-0.3, -0.25) is 0 Å². The van der Waals surface area contributed by atoms with Gasteiger partial charge in [-0.2, -0.15) is 0 Å². The van der Waals surface area contributed by atoms with Crippen LogP contribution in [0.2, 0.25) is 0 Å². The van der Waals surface area contributed by atoms with E-state index in [1.54, 1.807) is 0 Å². The van der Waals surface area contributed by atoms with Crippen molar-refractivity contribution in [2.24, 2.45) is 17.8 Å². The summed E-state index contributed by atoms with van der Waals surface area (Å²) in [5.41, 5.74) is 1.25. The molecule has 2 heterocycles. The van der Waals surface area contributed by atoms with Crippen LogP contribution in [0, 0.1) is 17.8 Å². The molecule has 0 aromatic carbocycles. The van der Waals surface area contributed by atoms with Crippen molar-refractivity contribution >= 4 is 5.97 Å². The smallest absolute Gasteiger partial charge is 0.334 e. The maximum Gasteiger partial charge on any atom is 0.334 e. The molecule has 2 aliphatic carbocycles. The molecular formula is C15H18O4. The monoisotopic (exact) mass is 262 g/mol. The molecule has 4 fully saturated rings. The molecular weight excluding hydrogens is 244 g/mol. The van der Waals surface area contributed by atoms with E-state index in [1.807, 2.05) is 0 Å². The van der Waals surface area contributed by atoms with E-state index in [4.69, 9.17) is 9.47 Å². The molecule has 0 amide bonds. The van der Waals surface area contributed by atoms with Crippen LogP contribution >= 0.6 is 0 Å². The lowest BCUT2D eigenvalue weighted by atomic mass is 9.78. The van der Waals surface area contributed by atoms with Gasteiger partial charge in [-0.15, -0.1) is 0 Å². The summed E-state index contributed by atoms with van der Waals surface area (Å²) in [5, 5.41) is 10.4. The first-order valence-corrected chi connectivity index (χ1v) is 6.87. The average Bonchev–Trinajstić information content (AvgIpc) is 2.79. The maximum atomic E-state index is 11.8. The highest BCUT2D eigenvalue weighted by atomic mass is 16.6. The molecule has 4 aliphatic rings. The van der Waals surface area contributed by atoms with Crippen molar-refractivity contribution in [2.75, 3.05) is 0 Å². The Morgan fingerprint density at radius 3 is 2.89 bits per heavy atom. The van der Waals surface area contributed by atoms with E-state index in [9.17, 15) is 9.90 Å². The SMILES string of the molecule is C=C1C(=O)O[C@H]2C1[C@@H](O)CC(=C)[C@@H]1C[C@H]3O[C@@]3(C)[C@@H]12. The first kappa shape index (κ1) is 11.7. The van der Waals surface area contributed by atoms with Crippen LogP contribution in [0.25, 0.3) is 0 Å². The summed E-state index contributed by atoms with van der Waals surface area (Å²) in [6.45, 7) is 10.0. The summed E-state index contributed by atoms with van der Waals surface area (Å²) in [6.07, 6.45) is 0.781. The van der Waals surface area contributed by atoms with Gasteiger partial charge in [0.25, 0.3) is 0 Å². The third-order valence-corrected chi connectivity index (χ3v) is 5.57. The predicted molar refractivity (Wildman–Crippen MR) is 67.1 cm³/mol.